The highest BCUT2D eigenvalue weighted by atomic mass is 79.9. The standard InChI is InChI=1S/C22H20BrF3N4O/c1-13-5-15(10-27-9-13)11-30-4-3-16-17(6-14(8-23)7-18(16)21(30)31)19-12-29(2)28-20(19)22(24,25)26/h5-7,9-10,12H,3-4,8,11H2,1-2H3. The van der Waals surface area contributed by atoms with E-state index in [0.29, 0.717) is 41.5 Å². The Morgan fingerprint density at radius 2 is 1.84 bits per heavy atom. The third kappa shape index (κ3) is 4.23. The number of carbonyl (C=O) groups excluding carboxylic acids is 1. The molecule has 0 bridgehead atoms. The summed E-state index contributed by atoms with van der Waals surface area (Å²) in [4.78, 5) is 19.2. The summed E-state index contributed by atoms with van der Waals surface area (Å²) in [6.07, 6.45) is 0.714. The van der Waals surface area contributed by atoms with E-state index in [4.69, 9.17) is 0 Å². The van der Waals surface area contributed by atoms with Crippen LogP contribution < -0.4 is 0 Å². The van der Waals surface area contributed by atoms with Crippen LogP contribution in [0.15, 0.2) is 36.8 Å². The van der Waals surface area contributed by atoms with Crippen LogP contribution in [0.3, 0.4) is 0 Å². The second-order valence-electron chi connectivity index (χ2n) is 7.71. The lowest BCUT2D eigenvalue weighted by atomic mass is 9.88. The van der Waals surface area contributed by atoms with Gasteiger partial charge in [-0.2, -0.15) is 18.3 Å². The fourth-order valence-corrected chi connectivity index (χ4v) is 4.32. The van der Waals surface area contributed by atoms with Crippen molar-refractivity contribution in [3.63, 3.8) is 0 Å². The maximum atomic E-state index is 13.6. The Balaban J connectivity index is 1.78. The molecule has 1 aliphatic heterocycles. The second kappa shape index (κ2) is 8.11. The number of aromatic nitrogens is 3. The number of hydrogen-bond acceptors (Lipinski definition) is 3. The number of benzene rings is 1. The number of pyridine rings is 1. The molecule has 1 aromatic carbocycles. The van der Waals surface area contributed by atoms with Crippen LogP contribution in [0.5, 0.6) is 0 Å². The zero-order valence-electron chi connectivity index (χ0n) is 17.0. The first-order valence-corrected chi connectivity index (χ1v) is 10.8. The van der Waals surface area contributed by atoms with Gasteiger partial charge in [-0.3, -0.25) is 14.5 Å². The van der Waals surface area contributed by atoms with Gasteiger partial charge in [0.15, 0.2) is 5.69 Å². The summed E-state index contributed by atoms with van der Waals surface area (Å²) >= 11 is 3.38. The first kappa shape index (κ1) is 21.5. The van der Waals surface area contributed by atoms with E-state index in [1.54, 1.807) is 29.4 Å². The molecule has 1 amide bonds. The van der Waals surface area contributed by atoms with Crippen molar-refractivity contribution < 1.29 is 18.0 Å². The zero-order chi connectivity index (χ0) is 22.3. The molecule has 1 aliphatic rings. The molecule has 0 fully saturated rings. The molecule has 9 heteroatoms. The number of alkyl halides is 4. The van der Waals surface area contributed by atoms with Gasteiger partial charge in [0.05, 0.1) is 0 Å². The maximum absolute atomic E-state index is 13.6. The molecule has 4 rings (SSSR count). The van der Waals surface area contributed by atoms with Gasteiger partial charge in [0.1, 0.15) is 0 Å². The Morgan fingerprint density at radius 1 is 1.10 bits per heavy atom. The normalized spacial score (nSPS) is 14.1. The molecule has 0 saturated heterocycles. The number of fused-ring (bicyclic) bond motifs is 1. The number of carbonyl (C=O) groups is 1. The van der Waals surface area contributed by atoms with Gasteiger partial charge in [-0.15, -0.1) is 0 Å². The SMILES string of the molecule is Cc1cncc(CN2CCc3c(cc(CBr)cc3-c3cn(C)nc3C(F)(F)F)C2=O)c1. The zero-order valence-corrected chi connectivity index (χ0v) is 18.6. The minimum Gasteiger partial charge on any atom is -0.334 e. The van der Waals surface area contributed by atoms with E-state index in [1.165, 1.54) is 13.2 Å². The van der Waals surface area contributed by atoms with Gasteiger partial charge in [0, 0.05) is 55.2 Å². The number of rotatable bonds is 4. The van der Waals surface area contributed by atoms with Crippen molar-refractivity contribution in [1.82, 2.24) is 19.7 Å². The van der Waals surface area contributed by atoms with Gasteiger partial charge in [-0.05, 0) is 53.3 Å². The summed E-state index contributed by atoms with van der Waals surface area (Å²) in [5.74, 6) is -0.191. The highest BCUT2D eigenvalue weighted by Gasteiger charge is 2.38. The van der Waals surface area contributed by atoms with Crippen molar-refractivity contribution in [2.75, 3.05) is 6.54 Å². The van der Waals surface area contributed by atoms with Crippen LogP contribution in [0.2, 0.25) is 0 Å². The Kier molecular flexibility index (Phi) is 5.63. The largest absolute Gasteiger partial charge is 0.435 e. The van der Waals surface area contributed by atoms with E-state index >= 15 is 0 Å². The smallest absolute Gasteiger partial charge is 0.334 e. The first-order chi connectivity index (χ1) is 14.7. The lowest BCUT2D eigenvalue weighted by Crippen LogP contribution is -2.37. The molecule has 3 aromatic rings. The number of nitrogens with zero attached hydrogens (tertiary/aromatic N) is 4. The number of amides is 1. The summed E-state index contributed by atoms with van der Waals surface area (Å²) in [5.41, 5.74) is 3.20. The Morgan fingerprint density at radius 3 is 2.52 bits per heavy atom. The van der Waals surface area contributed by atoms with Crippen molar-refractivity contribution in [1.29, 1.82) is 0 Å². The molecule has 0 unspecified atom stereocenters. The van der Waals surface area contributed by atoms with Gasteiger partial charge >= 0.3 is 6.18 Å². The molecule has 31 heavy (non-hydrogen) atoms. The number of hydrogen-bond donors (Lipinski definition) is 0. The van der Waals surface area contributed by atoms with Crippen LogP contribution >= 0.6 is 15.9 Å². The molecule has 0 aliphatic carbocycles. The number of halogens is 4. The molecule has 0 spiro atoms. The molecule has 162 valence electrons. The predicted octanol–water partition coefficient (Wildman–Crippen LogP) is 4.90. The van der Waals surface area contributed by atoms with Crippen LogP contribution in [-0.4, -0.2) is 32.1 Å². The van der Waals surface area contributed by atoms with Gasteiger partial charge in [-0.1, -0.05) is 22.0 Å². The lowest BCUT2D eigenvalue weighted by Gasteiger charge is -2.30. The minimum atomic E-state index is -4.59. The van der Waals surface area contributed by atoms with E-state index in [0.717, 1.165) is 21.4 Å². The summed E-state index contributed by atoms with van der Waals surface area (Å²) in [6, 6.07) is 5.45. The number of aryl methyl sites for hydroxylation is 2. The van der Waals surface area contributed by atoms with Crippen molar-refractivity contribution >= 4 is 21.8 Å². The molecular formula is C22H20BrF3N4O. The van der Waals surface area contributed by atoms with Crippen LogP contribution in [0.1, 0.15) is 38.3 Å². The predicted molar refractivity (Wildman–Crippen MR) is 114 cm³/mol. The second-order valence-corrected chi connectivity index (χ2v) is 8.27. The molecule has 3 heterocycles. The monoisotopic (exact) mass is 492 g/mol. The summed E-state index contributed by atoms with van der Waals surface area (Å²) < 4.78 is 42.0. The van der Waals surface area contributed by atoms with Gasteiger partial charge in [0.2, 0.25) is 0 Å². The van der Waals surface area contributed by atoms with Crippen molar-refractivity contribution in [2.24, 2.45) is 7.05 Å². The summed E-state index contributed by atoms with van der Waals surface area (Å²) in [7, 11) is 1.46. The summed E-state index contributed by atoms with van der Waals surface area (Å²) in [6.45, 7) is 2.76. The van der Waals surface area contributed by atoms with Gasteiger partial charge in [0.25, 0.3) is 5.91 Å². The Hall–Kier alpha value is -2.68. The van der Waals surface area contributed by atoms with Crippen molar-refractivity contribution in [3.05, 3.63) is 70.3 Å². The van der Waals surface area contributed by atoms with Crippen LogP contribution in [0.4, 0.5) is 13.2 Å². The Bertz CT molecular complexity index is 1160. The van der Waals surface area contributed by atoms with E-state index in [9.17, 15) is 18.0 Å². The van der Waals surface area contributed by atoms with E-state index in [2.05, 4.69) is 26.0 Å². The first-order valence-electron chi connectivity index (χ1n) is 9.70. The average Bonchev–Trinajstić information content (AvgIpc) is 3.11. The van der Waals surface area contributed by atoms with E-state index in [-0.39, 0.29) is 11.5 Å². The highest BCUT2D eigenvalue weighted by molar-refractivity contribution is 9.08. The van der Waals surface area contributed by atoms with E-state index < -0.39 is 11.9 Å². The van der Waals surface area contributed by atoms with Crippen LogP contribution in [-0.2, 0) is 31.5 Å². The molecule has 2 aromatic heterocycles. The van der Waals surface area contributed by atoms with Gasteiger partial charge in [-0.25, -0.2) is 0 Å². The fourth-order valence-electron chi connectivity index (χ4n) is 4.00. The summed E-state index contributed by atoms with van der Waals surface area (Å²) in [5, 5.41) is 4.06. The molecule has 5 nitrogen and oxygen atoms in total. The molecule has 0 N–H and O–H groups in total. The topological polar surface area (TPSA) is 51.0 Å². The third-order valence-corrected chi connectivity index (χ3v) is 5.95. The third-order valence-electron chi connectivity index (χ3n) is 5.31. The van der Waals surface area contributed by atoms with Crippen LogP contribution in [0.25, 0.3) is 11.1 Å². The van der Waals surface area contributed by atoms with Crippen LogP contribution in [0, 0.1) is 6.92 Å². The lowest BCUT2D eigenvalue weighted by molar-refractivity contribution is -0.140. The molecule has 0 atom stereocenters. The van der Waals surface area contributed by atoms with E-state index in [1.807, 2.05) is 13.0 Å². The minimum absolute atomic E-state index is 0.00168. The maximum Gasteiger partial charge on any atom is 0.435 e. The molecule has 0 radical (unpaired) electrons. The van der Waals surface area contributed by atoms with Gasteiger partial charge < -0.3 is 4.90 Å². The molecule has 0 saturated carbocycles. The quantitative estimate of drug-likeness (QED) is 0.486. The Labute approximate surface area is 186 Å². The molecular weight excluding hydrogens is 473 g/mol. The van der Waals surface area contributed by atoms with Crippen molar-refractivity contribution in [3.8, 4) is 11.1 Å². The fraction of sp³-hybridized carbons (Fsp3) is 0.318. The average molecular weight is 493 g/mol. The highest BCUT2D eigenvalue weighted by Crippen LogP contribution is 2.40. The van der Waals surface area contributed by atoms with Crippen molar-refractivity contribution in [2.45, 2.75) is 31.4 Å².